The Kier molecular flexibility index (Phi) is 12.0. The summed E-state index contributed by atoms with van der Waals surface area (Å²) in [6.07, 6.45) is 2.94. The van der Waals surface area contributed by atoms with Crippen molar-refractivity contribution in [2.75, 3.05) is 20.8 Å². The fraction of sp³-hybridized carbons (Fsp3) is 0.351. The van der Waals surface area contributed by atoms with Crippen LogP contribution in [0, 0.1) is 0 Å². The van der Waals surface area contributed by atoms with Crippen molar-refractivity contribution in [3.8, 4) is 5.75 Å². The fourth-order valence-corrected chi connectivity index (χ4v) is 6.51. The van der Waals surface area contributed by atoms with E-state index in [1.54, 1.807) is 46.2 Å². The van der Waals surface area contributed by atoms with E-state index in [2.05, 4.69) is 41.0 Å². The summed E-state index contributed by atoms with van der Waals surface area (Å²) < 4.78 is 15.6. The molecule has 53 heavy (non-hydrogen) atoms. The first kappa shape index (κ1) is 38.3. The Morgan fingerprint density at radius 2 is 1.53 bits per heavy atom. The van der Waals surface area contributed by atoms with Gasteiger partial charge in [-0.25, -0.2) is 9.78 Å². The highest BCUT2D eigenvalue weighted by Crippen LogP contribution is 2.29. The van der Waals surface area contributed by atoms with Crippen molar-refractivity contribution in [3.63, 3.8) is 0 Å². The van der Waals surface area contributed by atoms with E-state index >= 15 is 0 Å². The number of rotatable bonds is 14. The van der Waals surface area contributed by atoms with E-state index in [9.17, 15) is 24.0 Å². The molecule has 0 aliphatic rings. The van der Waals surface area contributed by atoms with E-state index in [1.807, 2.05) is 36.4 Å². The second kappa shape index (κ2) is 16.6. The van der Waals surface area contributed by atoms with Crippen LogP contribution in [0.2, 0.25) is 0 Å². The third kappa shape index (κ3) is 9.71. The van der Waals surface area contributed by atoms with Crippen LogP contribution in [0.1, 0.15) is 60.4 Å². The van der Waals surface area contributed by atoms with E-state index < -0.39 is 60.1 Å². The van der Waals surface area contributed by atoms with Crippen LogP contribution in [0.4, 0.5) is 4.79 Å². The first-order valence-corrected chi connectivity index (χ1v) is 17.7. The number of aromatic amines is 2. The molecule has 5 rings (SSSR count). The maximum absolute atomic E-state index is 14.2. The van der Waals surface area contributed by atoms with Gasteiger partial charge in [0.2, 0.25) is 11.8 Å². The van der Waals surface area contributed by atoms with Crippen molar-refractivity contribution in [2.24, 2.45) is 0 Å². The molecule has 16 heteroatoms. The monoisotopic (exact) mass is 745 g/mol. The van der Waals surface area contributed by atoms with E-state index in [1.165, 1.54) is 30.9 Å². The van der Waals surface area contributed by atoms with Crippen molar-refractivity contribution in [1.82, 2.24) is 36.2 Å². The largest absolute Gasteiger partial charge is 0.496 e. The molecule has 0 aliphatic carbocycles. The Labute approximate surface area is 309 Å². The number of carbonyl (C=O) groups excluding carboxylic acids is 5. The number of nitrogens with zero attached hydrogens (tertiary/aromatic N) is 1. The van der Waals surface area contributed by atoms with Crippen LogP contribution in [0.25, 0.3) is 21.8 Å². The summed E-state index contributed by atoms with van der Waals surface area (Å²) >= 11 is 1.17. The van der Waals surface area contributed by atoms with Crippen LogP contribution in [-0.4, -0.2) is 83.2 Å². The Morgan fingerprint density at radius 1 is 0.849 bits per heavy atom. The highest BCUT2D eigenvalue weighted by atomic mass is 32.1. The predicted octanol–water partition coefficient (Wildman–Crippen LogP) is 4.06. The number of nitrogens with one attached hydrogen (secondary N) is 6. The molecule has 15 nitrogen and oxygen atoms in total. The quantitative estimate of drug-likeness (QED) is 0.0906. The molecule has 0 aliphatic heterocycles. The second-order valence-corrected chi connectivity index (χ2v) is 14.2. The Morgan fingerprint density at radius 3 is 2.26 bits per heavy atom. The lowest BCUT2D eigenvalue weighted by atomic mass is 10.0. The summed E-state index contributed by atoms with van der Waals surface area (Å²) in [4.78, 5) is 76.5. The maximum Gasteiger partial charge on any atom is 0.408 e. The summed E-state index contributed by atoms with van der Waals surface area (Å²) in [5, 5.41) is 14.4. The van der Waals surface area contributed by atoms with Crippen molar-refractivity contribution in [2.45, 2.75) is 64.3 Å². The van der Waals surface area contributed by atoms with Crippen LogP contribution in [0.3, 0.4) is 0 Å². The van der Waals surface area contributed by atoms with Gasteiger partial charge < -0.3 is 45.4 Å². The number of hydrogen-bond acceptors (Lipinski definition) is 10. The Bertz CT molecular complexity index is 2110. The molecule has 280 valence electrons. The van der Waals surface area contributed by atoms with E-state index in [4.69, 9.17) is 9.47 Å². The highest BCUT2D eigenvalue weighted by Gasteiger charge is 2.30. The molecule has 3 atom stereocenters. The average Bonchev–Trinajstić information content (AvgIpc) is 3.88. The number of fused-ring (bicyclic) bond motifs is 2. The zero-order chi connectivity index (χ0) is 38.3. The molecule has 3 heterocycles. The summed E-state index contributed by atoms with van der Waals surface area (Å²) in [6.45, 7) is 6.56. The van der Waals surface area contributed by atoms with Crippen molar-refractivity contribution < 1.29 is 38.2 Å². The number of para-hydroxylation sites is 1. The average molecular weight is 746 g/mol. The highest BCUT2D eigenvalue weighted by molar-refractivity contribution is 7.09. The van der Waals surface area contributed by atoms with Crippen LogP contribution < -0.4 is 26.0 Å². The number of ether oxygens (including phenoxy) is 3. The summed E-state index contributed by atoms with van der Waals surface area (Å²) in [7, 11) is 2.74. The lowest BCUT2D eigenvalue weighted by Gasteiger charge is -2.23. The standard InChI is InChI=1S/C37H43N7O8S/c1-20(41-36(49)52-37(2,3)4)35-44-28(19-53-35)34(48)43-27(14-21-16-38-24-11-8-7-10-23(21)24)33(47)42-26(32(46)40-18-30(45)51-6)15-22-17-39-25-12-9-13-29(50-5)31(22)25/h7-13,16-17,19-20,26-27,38-39H,14-15,18H2,1-6H3,(H,40,46)(H,41,49)(H,42,47)(H,43,48)/t20-,26+,27+/m1/s1. The molecule has 0 fully saturated rings. The number of aromatic nitrogens is 3. The summed E-state index contributed by atoms with van der Waals surface area (Å²) in [5.74, 6) is -2.02. The molecule has 0 saturated carbocycles. The molecular weight excluding hydrogens is 703 g/mol. The second-order valence-electron chi connectivity index (χ2n) is 13.3. The molecule has 0 saturated heterocycles. The van der Waals surface area contributed by atoms with Crippen LogP contribution in [-0.2, 0) is 36.7 Å². The van der Waals surface area contributed by atoms with Crippen molar-refractivity contribution in [3.05, 3.63) is 82.1 Å². The predicted molar refractivity (Wildman–Crippen MR) is 199 cm³/mol. The van der Waals surface area contributed by atoms with Crippen LogP contribution >= 0.6 is 11.3 Å². The first-order chi connectivity index (χ1) is 25.3. The molecule has 3 aromatic heterocycles. The number of alkyl carbamates (subject to hydrolysis) is 1. The molecular formula is C37H43N7O8S. The van der Waals surface area contributed by atoms with Crippen molar-refractivity contribution in [1.29, 1.82) is 0 Å². The fourth-order valence-electron chi connectivity index (χ4n) is 5.71. The number of carbonyl (C=O) groups is 5. The van der Waals surface area contributed by atoms with Crippen LogP contribution in [0.5, 0.6) is 5.75 Å². The number of benzene rings is 2. The number of H-pyrrole nitrogens is 2. The van der Waals surface area contributed by atoms with Gasteiger partial charge in [-0.3, -0.25) is 19.2 Å². The van der Waals surface area contributed by atoms with Gasteiger partial charge in [0, 0.05) is 52.4 Å². The number of thiazole rings is 1. The molecule has 4 amide bonds. The van der Waals surface area contributed by atoms with Gasteiger partial charge in [0.25, 0.3) is 5.91 Å². The molecule has 0 radical (unpaired) electrons. The zero-order valence-corrected chi connectivity index (χ0v) is 31.1. The molecule has 0 unspecified atom stereocenters. The molecule has 2 aromatic carbocycles. The zero-order valence-electron chi connectivity index (χ0n) is 30.2. The Hall–Kier alpha value is -5.90. The lowest BCUT2D eigenvalue weighted by Crippen LogP contribution is -2.55. The van der Waals surface area contributed by atoms with Crippen LogP contribution in [0.15, 0.2) is 60.2 Å². The lowest BCUT2D eigenvalue weighted by molar-refractivity contribution is -0.141. The minimum Gasteiger partial charge on any atom is -0.496 e. The van der Waals surface area contributed by atoms with Gasteiger partial charge in [-0.05, 0) is 57.0 Å². The van der Waals surface area contributed by atoms with Gasteiger partial charge in [-0.15, -0.1) is 11.3 Å². The third-order valence-corrected chi connectivity index (χ3v) is 9.27. The molecule has 0 spiro atoms. The van der Waals surface area contributed by atoms with Gasteiger partial charge in [-0.1, -0.05) is 24.3 Å². The first-order valence-electron chi connectivity index (χ1n) is 16.8. The van der Waals surface area contributed by atoms with Crippen molar-refractivity contribution >= 4 is 62.9 Å². The summed E-state index contributed by atoms with van der Waals surface area (Å²) in [6, 6.07) is 10.1. The SMILES string of the molecule is COC(=O)CNC(=O)[C@H](Cc1c[nH]c2cccc(OC)c12)NC(=O)[C@H](Cc1c[nH]c2ccccc12)NC(=O)c1csc([C@@H](C)NC(=O)OC(C)(C)C)n1. The van der Waals surface area contributed by atoms with Gasteiger partial charge in [-0.2, -0.15) is 0 Å². The molecule has 5 aromatic rings. The molecule has 0 bridgehead atoms. The van der Waals surface area contributed by atoms with Gasteiger partial charge >= 0.3 is 12.1 Å². The number of amides is 4. The Balaban J connectivity index is 1.41. The maximum atomic E-state index is 14.2. The summed E-state index contributed by atoms with van der Waals surface area (Å²) in [5.41, 5.74) is 2.39. The number of esters is 1. The topological polar surface area (TPSA) is 206 Å². The van der Waals surface area contributed by atoms with E-state index in [0.717, 1.165) is 27.4 Å². The minimum absolute atomic E-state index is 0.0187. The molecule has 6 N–H and O–H groups in total. The van der Waals surface area contributed by atoms with E-state index in [-0.39, 0.29) is 18.5 Å². The van der Waals surface area contributed by atoms with Gasteiger partial charge in [0.1, 0.15) is 40.7 Å². The smallest absolute Gasteiger partial charge is 0.408 e. The number of methoxy groups -OCH3 is 2. The van der Waals surface area contributed by atoms with E-state index in [0.29, 0.717) is 16.3 Å². The van der Waals surface area contributed by atoms with Gasteiger partial charge in [0.05, 0.1) is 20.3 Å². The number of hydrogen-bond donors (Lipinski definition) is 6. The minimum atomic E-state index is -1.18. The third-order valence-electron chi connectivity index (χ3n) is 8.24. The normalized spacial score (nSPS) is 13.1. The van der Waals surface area contributed by atoms with Gasteiger partial charge in [0.15, 0.2) is 0 Å².